The summed E-state index contributed by atoms with van der Waals surface area (Å²) in [4.78, 5) is 9.91. The number of nitrogens with zero attached hydrogens (tertiary/aromatic N) is 3. The van der Waals surface area contributed by atoms with E-state index in [9.17, 15) is 18.5 Å². The summed E-state index contributed by atoms with van der Waals surface area (Å²) in [6.07, 6.45) is 0. The second kappa shape index (κ2) is 2.71. The van der Waals surface area contributed by atoms with E-state index in [1.807, 2.05) is 0 Å². The second-order valence-corrected chi connectivity index (χ2v) is 3.51. The lowest BCUT2D eigenvalue weighted by Crippen LogP contribution is -2.24. The number of hydrogen-bond donors (Lipinski definition) is 2. The van der Waals surface area contributed by atoms with E-state index in [1.165, 1.54) is 0 Å². The Morgan fingerprint density at radius 3 is 2.87 bits per heavy atom. The predicted molar refractivity (Wildman–Crippen MR) is 43.5 cm³/mol. The Labute approximate surface area is 81.8 Å². The monoisotopic (exact) mass is 237 g/mol. The van der Waals surface area contributed by atoms with Crippen molar-refractivity contribution >= 4 is 27.7 Å². The Morgan fingerprint density at radius 1 is 1.60 bits per heavy atom. The summed E-state index contributed by atoms with van der Waals surface area (Å²) in [6.45, 7) is 0. The van der Waals surface area contributed by atoms with E-state index in [4.69, 9.17) is 5.73 Å². The zero-order valence-electron chi connectivity index (χ0n) is 6.78. The minimum Gasteiger partial charge on any atom is -0.375 e. The van der Waals surface area contributed by atoms with Gasteiger partial charge < -0.3 is 5.73 Å². The molecule has 2 heterocycles. The highest BCUT2D eigenvalue weighted by Crippen LogP contribution is 2.31. The van der Waals surface area contributed by atoms with Gasteiger partial charge in [-0.1, -0.05) is 4.85 Å². The van der Waals surface area contributed by atoms with Crippen molar-refractivity contribution in [1.82, 2.24) is 9.94 Å². The summed E-state index contributed by atoms with van der Waals surface area (Å²) in [5.74, 6) is -1.02. The first-order chi connectivity index (χ1) is 6.91. The van der Waals surface area contributed by atoms with E-state index in [2.05, 4.69) is 13.7 Å². The van der Waals surface area contributed by atoms with Gasteiger partial charge in [0.2, 0.25) is 5.82 Å². The van der Waals surface area contributed by atoms with Crippen molar-refractivity contribution in [1.29, 1.82) is 0 Å². The molecule has 11 nitrogen and oxygen atoms in total. The SMILES string of the molecule is Nc1c([N+](=O)[O-])c2nn1OS(=O)(=O)ON2. The van der Waals surface area contributed by atoms with Crippen LogP contribution in [0.15, 0.2) is 0 Å². The molecule has 12 heteroatoms. The Bertz CT molecular complexity index is 531. The van der Waals surface area contributed by atoms with Crippen molar-refractivity contribution in [3.63, 3.8) is 0 Å². The number of anilines is 2. The third-order valence-electron chi connectivity index (χ3n) is 1.45. The Balaban J connectivity index is 2.60. The second-order valence-electron chi connectivity index (χ2n) is 2.38. The maximum absolute atomic E-state index is 10.8. The quantitative estimate of drug-likeness (QED) is 0.434. The summed E-state index contributed by atoms with van der Waals surface area (Å²) in [5.41, 5.74) is 6.33. The van der Waals surface area contributed by atoms with E-state index in [0.29, 0.717) is 0 Å². The fourth-order valence-electron chi connectivity index (χ4n) is 0.902. The maximum atomic E-state index is 10.8. The standard InChI is InChI=1S/C3H3N5O6S/c4-2-1(8(9)10)3-5-7(2)14-15(11,12)13-6-3/h4H2,(H,5,6). The van der Waals surface area contributed by atoms with Gasteiger partial charge in [-0.15, -0.1) is 9.38 Å². The van der Waals surface area contributed by atoms with Crippen LogP contribution in [-0.4, -0.2) is 23.3 Å². The lowest BCUT2D eigenvalue weighted by atomic mass is 10.5. The topological polar surface area (TPSA) is 152 Å². The molecule has 0 atom stereocenters. The average molecular weight is 237 g/mol. The van der Waals surface area contributed by atoms with Gasteiger partial charge in [0, 0.05) is 0 Å². The number of fused-ring (bicyclic) bond motifs is 2. The molecule has 0 amide bonds. The molecule has 1 aromatic rings. The highest BCUT2D eigenvalue weighted by atomic mass is 32.3. The van der Waals surface area contributed by atoms with Gasteiger partial charge in [0.25, 0.3) is 5.82 Å². The third-order valence-corrected chi connectivity index (χ3v) is 2.06. The highest BCUT2D eigenvalue weighted by Gasteiger charge is 2.34. The molecule has 1 aliphatic heterocycles. The minimum absolute atomic E-state index is 0.281. The number of aromatic nitrogens is 2. The smallest absolute Gasteiger partial charge is 0.375 e. The summed E-state index contributed by atoms with van der Waals surface area (Å²) >= 11 is 0. The first-order valence-corrected chi connectivity index (χ1v) is 4.66. The minimum atomic E-state index is -4.37. The summed E-state index contributed by atoms with van der Waals surface area (Å²) < 4.78 is 29.7. The van der Waals surface area contributed by atoms with Crippen LogP contribution in [0.2, 0.25) is 0 Å². The van der Waals surface area contributed by atoms with Gasteiger partial charge >= 0.3 is 16.1 Å². The number of nitrogen functional groups attached to an aromatic ring is 1. The van der Waals surface area contributed by atoms with Crippen molar-refractivity contribution in [2.24, 2.45) is 0 Å². The molecule has 1 aliphatic rings. The molecule has 2 rings (SSSR count). The van der Waals surface area contributed by atoms with Gasteiger partial charge in [0.05, 0.1) is 4.92 Å². The Hall–Kier alpha value is -2.08. The Morgan fingerprint density at radius 2 is 2.27 bits per heavy atom. The molecule has 0 saturated carbocycles. The van der Waals surface area contributed by atoms with E-state index in [-0.39, 0.29) is 4.85 Å². The largest absolute Gasteiger partial charge is 0.491 e. The van der Waals surface area contributed by atoms with Crippen LogP contribution in [0.3, 0.4) is 0 Å². The van der Waals surface area contributed by atoms with Crippen molar-refractivity contribution in [3.8, 4) is 0 Å². The maximum Gasteiger partial charge on any atom is 0.491 e. The Kier molecular flexibility index (Phi) is 1.71. The van der Waals surface area contributed by atoms with Crippen LogP contribution in [-0.2, 0) is 14.7 Å². The van der Waals surface area contributed by atoms with E-state index < -0.39 is 32.6 Å². The predicted octanol–water partition coefficient (Wildman–Crippen LogP) is -1.60. The zero-order chi connectivity index (χ0) is 11.2. The average Bonchev–Trinajstić information content (AvgIpc) is 2.29. The zero-order valence-corrected chi connectivity index (χ0v) is 7.59. The van der Waals surface area contributed by atoms with Crippen molar-refractivity contribution in [2.75, 3.05) is 11.2 Å². The molecular formula is C3H3N5O6S. The molecule has 0 unspecified atom stereocenters. The van der Waals surface area contributed by atoms with Gasteiger partial charge in [-0.3, -0.25) is 10.1 Å². The molecule has 0 fully saturated rings. The van der Waals surface area contributed by atoms with Crippen LogP contribution in [0.25, 0.3) is 0 Å². The molecule has 0 radical (unpaired) electrons. The fourth-order valence-corrected chi connectivity index (χ4v) is 1.40. The number of rotatable bonds is 1. The number of nitrogens with two attached hydrogens (primary N) is 1. The van der Waals surface area contributed by atoms with Crippen LogP contribution in [0, 0.1) is 10.1 Å². The van der Waals surface area contributed by atoms with Gasteiger partial charge in [0.15, 0.2) is 0 Å². The molecule has 0 saturated heterocycles. The molecule has 0 aliphatic carbocycles. The normalized spacial score (nSPS) is 17.3. The van der Waals surface area contributed by atoms with Crippen LogP contribution in [0.4, 0.5) is 17.3 Å². The molecule has 0 spiro atoms. The van der Waals surface area contributed by atoms with Crippen molar-refractivity contribution in [3.05, 3.63) is 10.1 Å². The molecule has 2 bridgehead atoms. The third kappa shape index (κ3) is 1.40. The first-order valence-electron chi connectivity index (χ1n) is 3.33. The molecule has 0 aromatic carbocycles. The van der Waals surface area contributed by atoms with Gasteiger partial charge in [-0.25, -0.2) is 9.76 Å². The van der Waals surface area contributed by atoms with Crippen molar-refractivity contribution < 1.29 is 21.9 Å². The van der Waals surface area contributed by atoms with Crippen LogP contribution < -0.4 is 15.5 Å². The fraction of sp³-hybridized carbons (Fsp3) is 0. The van der Waals surface area contributed by atoms with E-state index in [0.717, 1.165) is 0 Å². The first kappa shape index (κ1) is 9.47. The molecular weight excluding hydrogens is 234 g/mol. The lowest BCUT2D eigenvalue weighted by molar-refractivity contribution is -0.383. The van der Waals surface area contributed by atoms with Gasteiger partial charge in [0.1, 0.15) is 0 Å². The van der Waals surface area contributed by atoms with Gasteiger partial charge in [-0.2, -0.15) is 8.42 Å². The number of nitro groups is 1. The van der Waals surface area contributed by atoms with Crippen LogP contribution in [0.1, 0.15) is 0 Å². The highest BCUT2D eigenvalue weighted by molar-refractivity contribution is 7.82. The van der Waals surface area contributed by atoms with Gasteiger partial charge in [-0.05, 0) is 0 Å². The number of hydrogen-bond acceptors (Lipinski definition) is 9. The molecule has 3 N–H and O–H groups in total. The summed E-state index contributed by atoms with van der Waals surface area (Å²) in [5, 5.41) is 13.8. The lowest BCUT2D eigenvalue weighted by Gasteiger charge is -2.04. The summed E-state index contributed by atoms with van der Waals surface area (Å²) in [7, 11) is -4.37. The molecule has 15 heavy (non-hydrogen) atoms. The van der Waals surface area contributed by atoms with E-state index in [1.54, 1.807) is 5.48 Å². The summed E-state index contributed by atoms with van der Waals surface area (Å²) in [6, 6.07) is 0. The van der Waals surface area contributed by atoms with Crippen LogP contribution in [0.5, 0.6) is 0 Å². The molecule has 82 valence electrons. The molecule has 1 aromatic heterocycles. The van der Waals surface area contributed by atoms with Crippen molar-refractivity contribution in [2.45, 2.75) is 0 Å². The number of nitrogens with one attached hydrogen (secondary N) is 1. The van der Waals surface area contributed by atoms with Crippen LogP contribution >= 0.6 is 0 Å². The van der Waals surface area contributed by atoms with E-state index >= 15 is 0 Å².